The maximum atomic E-state index is 14.5. The molecule has 0 radical (unpaired) electrons. The predicted molar refractivity (Wildman–Crippen MR) is 101 cm³/mol. The minimum Gasteiger partial charge on any atom is -0.328 e. The number of hydrogen-bond donors (Lipinski definition) is 1. The average molecular weight is 391 g/mol. The van der Waals surface area contributed by atoms with Gasteiger partial charge in [0.25, 0.3) is 5.91 Å². The van der Waals surface area contributed by atoms with Gasteiger partial charge in [0.2, 0.25) is 11.9 Å². The molecule has 1 aliphatic heterocycles. The Hall–Kier alpha value is -3.34. The van der Waals surface area contributed by atoms with Crippen LogP contribution in [0.25, 0.3) is 0 Å². The van der Waals surface area contributed by atoms with Crippen molar-refractivity contribution in [2.45, 2.75) is 36.8 Å². The molecule has 1 N–H and O–H groups in total. The highest BCUT2D eigenvalue weighted by Crippen LogP contribution is 2.55. The Balaban J connectivity index is 1.35. The normalized spacial score (nSPS) is 24.8. The lowest BCUT2D eigenvalue weighted by atomic mass is 9.84. The molecule has 2 atom stereocenters. The maximum Gasteiger partial charge on any atom is 0.254 e. The van der Waals surface area contributed by atoms with Crippen LogP contribution in [0, 0.1) is 11.3 Å². The van der Waals surface area contributed by atoms with Crippen molar-refractivity contribution in [2.24, 2.45) is 0 Å². The second-order valence-electron chi connectivity index (χ2n) is 8.02. The molecule has 3 aliphatic rings. The largest absolute Gasteiger partial charge is 0.328 e. The average Bonchev–Trinajstić information content (AvgIpc) is 3.64. The minimum atomic E-state index is -1.00. The van der Waals surface area contributed by atoms with Crippen molar-refractivity contribution in [3.8, 4) is 6.07 Å². The summed E-state index contributed by atoms with van der Waals surface area (Å²) in [6, 6.07) is 7.64. The summed E-state index contributed by atoms with van der Waals surface area (Å²) in [6.45, 7) is -0.0176. The van der Waals surface area contributed by atoms with Crippen LogP contribution < -0.4 is 5.32 Å². The van der Waals surface area contributed by atoms with E-state index in [0.717, 1.165) is 18.4 Å². The van der Waals surface area contributed by atoms with Crippen LogP contribution in [0.5, 0.6) is 0 Å². The fourth-order valence-corrected chi connectivity index (χ4v) is 4.12. The lowest BCUT2D eigenvalue weighted by molar-refractivity contribution is -0.117. The summed E-state index contributed by atoms with van der Waals surface area (Å²) < 4.78 is 14.5. The molecule has 2 amide bonds. The molecule has 7 nitrogen and oxygen atoms in total. The number of amides is 2. The summed E-state index contributed by atoms with van der Waals surface area (Å²) >= 11 is 0. The Kier molecular flexibility index (Phi) is 3.88. The van der Waals surface area contributed by atoms with Gasteiger partial charge in [0.15, 0.2) is 0 Å². The lowest BCUT2D eigenvalue weighted by Crippen LogP contribution is -2.47. The third-order valence-corrected chi connectivity index (χ3v) is 5.97. The number of carbonyl (C=O) groups excluding carboxylic acids is 2. The molecule has 1 aromatic carbocycles. The molecule has 0 unspecified atom stereocenters. The SMILES string of the molecule is N#Cc1cnc(NC(=O)CN2C[C@@]3(C[C@@H]3F)c3cc(C4CC4)ccc3C2=O)nc1. The third kappa shape index (κ3) is 3.03. The van der Waals surface area contributed by atoms with E-state index >= 15 is 0 Å². The number of hydrogen-bond acceptors (Lipinski definition) is 5. The van der Waals surface area contributed by atoms with Crippen molar-refractivity contribution in [1.29, 1.82) is 5.26 Å². The quantitative estimate of drug-likeness (QED) is 0.862. The van der Waals surface area contributed by atoms with Crippen LogP contribution in [0.3, 0.4) is 0 Å². The number of nitrogens with zero attached hydrogens (tertiary/aromatic N) is 4. The van der Waals surface area contributed by atoms with E-state index < -0.39 is 17.5 Å². The Bertz CT molecular complexity index is 1060. The molecular formula is C21H18FN5O2. The van der Waals surface area contributed by atoms with E-state index in [1.165, 1.54) is 22.9 Å². The van der Waals surface area contributed by atoms with Crippen molar-refractivity contribution in [2.75, 3.05) is 18.4 Å². The first-order valence-electron chi connectivity index (χ1n) is 9.60. The van der Waals surface area contributed by atoms with E-state index in [1.54, 1.807) is 6.07 Å². The number of rotatable bonds is 4. The number of aromatic nitrogens is 2. The van der Waals surface area contributed by atoms with Gasteiger partial charge in [-0.3, -0.25) is 14.9 Å². The molecule has 2 fully saturated rings. The highest BCUT2D eigenvalue weighted by Gasteiger charge is 2.61. The van der Waals surface area contributed by atoms with E-state index in [9.17, 15) is 14.0 Å². The van der Waals surface area contributed by atoms with Gasteiger partial charge in [0.1, 0.15) is 18.8 Å². The van der Waals surface area contributed by atoms with Gasteiger partial charge in [-0.15, -0.1) is 0 Å². The predicted octanol–water partition coefficient (Wildman–Crippen LogP) is 2.30. The molecule has 0 saturated heterocycles. The first kappa shape index (κ1) is 17.7. The summed E-state index contributed by atoms with van der Waals surface area (Å²) in [5.74, 6) is -0.145. The Morgan fingerprint density at radius 1 is 1.34 bits per heavy atom. The van der Waals surface area contributed by atoms with Gasteiger partial charge in [-0.25, -0.2) is 14.4 Å². The molecule has 2 aromatic rings. The zero-order valence-electron chi connectivity index (χ0n) is 15.6. The zero-order valence-corrected chi connectivity index (χ0v) is 15.6. The van der Waals surface area contributed by atoms with Gasteiger partial charge in [0.05, 0.1) is 18.0 Å². The topological polar surface area (TPSA) is 99.0 Å². The standard InChI is InChI=1S/C21H18FN5O2/c22-17-6-21(17)11-27(10-18(28)26-20-24-8-12(7-23)9-25-20)19(29)15-4-3-14(5-16(15)21)13-1-2-13/h3-5,8-9,13,17H,1-2,6,10-11H2,(H,24,25,26,28)/t17-,21-/m0/s1. The number of nitrogens with one attached hydrogen (secondary N) is 1. The fourth-order valence-electron chi connectivity index (χ4n) is 4.12. The summed E-state index contributed by atoms with van der Waals surface area (Å²) in [6.07, 6.45) is 4.25. The number of fused-ring (bicyclic) bond motifs is 2. The number of alkyl halides is 1. The molecule has 0 bridgehead atoms. The zero-order chi connectivity index (χ0) is 20.2. The maximum absolute atomic E-state index is 14.5. The molecule has 8 heteroatoms. The van der Waals surface area contributed by atoms with Gasteiger partial charge in [0, 0.05) is 17.5 Å². The summed E-state index contributed by atoms with van der Waals surface area (Å²) in [5.41, 5.74) is 2.05. The third-order valence-electron chi connectivity index (χ3n) is 5.97. The van der Waals surface area contributed by atoms with Crippen LogP contribution in [0.1, 0.15) is 52.2 Å². The van der Waals surface area contributed by atoms with Crippen LogP contribution in [0.15, 0.2) is 30.6 Å². The molecule has 1 spiro atoms. The van der Waals surface area contributed by atoms with Gasteiger partial charge in [-0.1, -0.05) is 12.1 Å². The van der Waals surface area contributed by atoms with Crippen molar-refractivity contribution in [3.05, 3.63) is 52.8 Å². The van der Waals surface area contributed by atoms with Gasteiger partial charge in [-0.2, -0.15) is 5.26 Å². The summed E-state index contributed by atoms with van der Waals surface area (Å²) in [7, 11) is 0. The number of halogens is 1. The van der Waals surface area contributed by atoms with Crippen LogP contribution in [-0.2, 0) is 10.2 Å². The van der Waals surface area contributed by atoms with Crippen molar-refractivity contribution < 1.29 is 14.0 Å². The minimum absolute atomic E-state index is 0.0532. The van der Waals surface area contributed by atoms with Gasteiger partial charge < -0.3 is 4.90 Å². The van der Waals surface area contributed by atoms with E-state index in [0.29, 0.717) is 17.9 Å². The van der Waals surface area contributed by atoms with Crippen molar-refractivity contribution >= 4 is 17.8 Å². The highest BCUT2D eigenvalue weighted by molar-refractivity contribution is 6.01. The summed E-state index contributed by atoms with van der Waals surface area (Å²) in [4.78, 5) is 34.6. The number of carbonyl (C=O) groups is 2. The summed E-state index contributed by atoms with van der Waals surface area (Å²) in [5, 5.41) is 11.3. The molecule has 146 valence electrons. The van der Waals surface area contributed by atoms with Crippen LogP contribution >= 0.6 is 0 Å². The molecule has 1 aromatic heterocycles. The second-order valence-corrected chi connectivity index (χ2v) is 8.02. The number of anilines is 1. The van der Waals surface area contributed by atoms with E-state index in [2.05, 4.69) is 15.3 Å². The molecule has 29 heavy (non-hydrogen) atoms. The van der Waals surface area contributed by atoms with Gasteiger partial charge >= 0.3 is 0 Å². The van der Waals surface area contributed by atoms with Crippen molar-refractivity contribution in [3.63, 3.8) is 0 Å². The molecule has 2 saturated carbocycles. The first-order chi connectivity index (χ1) is 14.0. The van der Waals surface area contributed by atoms with E-state index in [4.69, 9.17) is 5.26 Å². The van der Waals surface area contributed by atoms with E-state index in [1.807, 2.05) is 18.2 Å². The molecule has 5 rings (SSSR count). The first-order valence-corrected chi connectivity index (χ1v) is 9.60. The van der Waals surface area contributed by atoms with Crippen LogP contribution in [0.4, 0.5) is 10.3 Å². The Morgan fingerprint density at radius 3 is 2.69 bits per heavy atom. The van der Waals surface area contributed by atoms with Gasteiger partial charge in [-0.05, 0) is 42.4 Å². The fraction of sp³-hybridized carbons (Fsp3) is 0.381. The smallest absolute Gasteiger partial charge is 0.254 e. The molecular weight excluding hydrogens is 373 g/mol. The van der Waals surface area contributed by atoms with Crippen LogP contribution in [0.2, 0.25) is 0 Å². The van der Waals surface area contributed by atoms with E-state index in [-0.39, 0.29) is 30.5 Å². The van der Waals surface area contributed by atoms with Crippen molar-refractivity contribution in [1.82, 2.24) is 14.9 Å². The Morgan fingerprint density at radius 2 is 2.07 bits per heavy atom. The Labute approximate surface area is 166 Å². The second kappa shape index (κ2) is 6.34. The molecule has 2 heterocycles. The number of nitriles is 1. The number of benzene rings is 1. The van der Waals surface area contributed by atoms with Crippen LogP contribution in [-0.4, -0.2) is 45.9 Å². The molecule has 2 aliphatic carbocycles. The highest BCUT2D eigenvalue weighted by atomic mass is 19.1. The lowest BCUT2D eigenvalue weighted by Gasteiger charge is -2.34. The monoisotopic (exact) mass is 391 g/mol.